The summed E-state index contributed by atoms with van der Waals surface area (Å²) in [6.45, 7) is 0.301. The van der Waals surface area contributed by atoms with Gasteiger partial charge in [0.15, 0.2) is 0 Å². The fourth-order valence-electron chi connectivity index (χ4n) is 3.73. The van der Waals surface area contributed by atoms with Gasteiger partial charge in [-0.2, -0.15) is 0 Å². The monoisotopic (exact) mass is 505 g/mol. The van der Waals surface area contributed by atoms with Crippen LogP contribution in [0, 0.1) is 0 Å². The van der Waals surface area contributed by atoms with Crippen LogP contribution in [0.1, 0.15) is 41.6 Å². The van der Waals surface area contributed by atoms with Crippen LogP contribution < -0.4 is 15.5 Å². The molecule has 0 saturated heterocycles. The third-order valence-corrected chi connectivity index (χ3v) is 7.43. The fraction of sp³-hybridized carbons (Fsp3) is 0.240. The van der Waals surface area contributed by atoms with Crippen molar-refractivity contribution in [3.05, 3.63) is 84.2 Å². The summed E-state index contributed by atoms with van der Waals surface area (Å²) in [5.41, 5.74) is 1.37. The van der Waals surface area contributed by atoms with Crippen LogP contribution in [0.3, 0.4) is 0 Å². The number of nitrogens with one attached hydrogen (secondary N) is 2. The molecule has 1 heterocycles. The molecule has 1 aliphatic rings. The molecule has 0 radical (unpaired) electrons. The lowest BCUT2D eigenvalue weighted by molar-refractivity contribution is 0.0992. The molecule has 2 aromatic carbocycles. The second-order valence-corrected chi connectivity index (χ2v) is 10.2. The Balaban J connectivity index is 1.40. The van der Waals surface area contributed by atoms with Crippen molar-refractivity contribution in [1.82, 2.24) is 15.2 Å². The molecule has 1 fully saturated rings. The maximum absolute atomic E-state index is 13.1. The topological polar surface area (TPSA) is 144 Å². The lowest BCUT2D eigenvalue weighted by atomic mass is 10.2. The Morgan fingerprint density at radius 2 is 1.78 bits per heavy atom. The summed E-state index contributed by atoms with van der Waals surface area (Å²) in [7, 11) is -3.90. The van der Waals surface area contributed by atoms with Gasteiger partial charge in [0.1, 0.15) is 11.2 Å². The van der Waals surface area contributed by atoms with Crippen molar-refractivity contribution in [2.24, 2.45) is 10.2 Å². The average Bonchev–Trinajstić information content (AvgIpc) is 3.42. The third-order valence-electron chi connectivity index (χ3n) is 5.66. The lowest BCUT2D eigenvalue weighted by Crippen LogP contribution is -2.28. The molecule has 0 spiro atoms. The molecule has 3 amide bonds. The van der Waals surface area contributed by atoms with Crippen LogP contribution in [0.4, 0.5) is 10.5 Å². The van der Waals surface area contributed by atoms with Crippen LogP contribution >= 0.6 is 0 Å². The van der Waals surface area contributed by atoms with Crippen molar-refractivity contribution in [3.63, 3.8) is 0 Å². The number of hydrogen-bond acceptors (Lipinski definition) is 6. The highest BCUT2D eigenvalue weighted by atomic mass is 32.2. The standard InChI is InChI=1S/C25H24N6O4S/c32-24(30-31-29-21-7-1-2-8-21)19-6-3-9-23(15-19)36(34,35)22-12-10-20(11-13-22)28-25(33)27-17-18-5-4-14-26-16-18/h3-6,9-16,21H,1-2,7-8,17H2,(H-,27,28,33)/p+1. The van der Waals surface area contributed by atoms with Crippen LogP contribution in [0.2, 0.25) is 0 Å². The molecule has 0 atom stereocenters. The first-order valence-corrected chi connectivity index (χ1v) is 12.9. The molecule has 10 nitrogen and oxygen atoms in total. The molecule has 1 aliphatic carbocycles. The number of nitrogens with zero attached hydrogens (tertiary/aromatic N) is 4. The molecule has 36 heavy (non-hydrogen) atoms. The summed E-state index contributed by atoms with van der Waals surface area (Å²) < 4.78 is 26.2. The lowest BCUT2D eigenvalue weighted by Gasteiger charge is -2.09. The summed E-state index contributed by atoms with van der Waals surface area (Å²) in [6.07, 6.45) is 7.35. The van der Waals surface area contributed by atoms with E-state index in [0.717, 1.165) is 31.2 Å². The van der Waals surface area contributed by atoms with E-state index in [2.05, 4.69) is 30.8 Å². The summed E-state index contributed by atoms with van der Waals surface area (Å²) in [5, 5.41) is 13.0. The van der Waals surface area contributed by atoms with Gasteiger partial charge in [-0.3, -0.25) is 9.78 Å². The Labute approximate surface area is 208 Å². The molecule has 4 rings (SSSR count). The molecule has 184 valence electrons. The maximum atomic E-state index is 13.1. The molecule has 0 bridgehead atoms. The van der Waals surface area contributed by atoms with Crippen LogP contribution in [0.15, 0.2) is 93.1 Å². The summed E-state index contributed by atoms with van der Waals surface area (Å²) in [5.74, 6) is -0.661. The van der Waals surface area contributed by atoms with Gasteiger partial charge in [-0.1, -0.05) is 25.0 Å². The van der Waals surface area contributed by atoms with E-state index in [1.807, 2.05) is 6.07 Å². The number of carbonyl (C=O) groups is 2. The smallest absolute Gasteiger partial charge is 0.334 e. The van der Waals surface area contributed by atoms with Gasteiger partial charge in [0.2, 0.25) is 19.9 Å². The Bertz CT molecular complexity index is 1400. The van der Waals surface area contributed by atoms with Gasteiger partial charge in [0.25, 0.3) is 0 Å². The molecule has 1 saturated carbocycles. The van der Waals surface area contributed by atoms with E-state index in [1.54, 1.807) is 18.5 Å². The first-order chi connectivity index (χ1) is 17.4. The third kappa shape index (κ3) is 6.47. The highest BCUT2D eigenvalue weighted by Crippen LogP contribution is 2.24. The zero-order valence-corrected chi connectivity index (χ0v) is 20.2. The number of carbonyl (C=O) groups excluding carboxylic acids is 2. The van der Waals surface area contributed by atoms with Gasteiger partial charge in [0, 0.05) is 24.6 Å². The van der Waals surface area contributed by atoms with Gasteiger partial charge < -0.3 is 10.6 Å². The average molecular weight is 506 g/mol. The van der Waals surface area contributed by atoms with Crippen molar-refractivity contribution in [1.29, 1.82) is 0 Å². The zero-order chi connectivity index (χ0) is 25.4. The predicted octanol–water partition coefficient (Wildman–Crippen LogP) is 4.29. The van der Waals surface area contributed by atoms with Crippen LogP contribution in [0.5, 0.6) is 0 Å². The van der Waals surface area contributed by atoms with Crippen molar-refractivity contribution < 1.29 is 18.0 Å². The second kappa shape index (κ2) is 11.5. The number of amides is 3. The molecule has 1 aromatic heterocycles. The highest BCUT2D eigenvalue weighted by molar-refractivity contribution is 7.91. The van der Waals surface area contributed by atoms with E-state index >= 15 is 0 Å². The van der Waals surface area contributed by atoms with Gasteiger partial charge in [-0.25, -0.2) is 13.2 Å². The largest absolute Gasteiger partial charge is 0.360 e. The van der Waals surface area contributed by atoms with Gasteiger partial charge in [0.05, 0.1) is 15.4 Å². The van der Waals surface area contributed by atoms with E-state index in [0.29, 0.717) is 12.2 Å². The van der Waals surface area contributed by atoms with E-state index in [4.69, 9.17) is 0 Å². The molecular weight excluding hydrogens is 480 g/mol. The second-order valence-electron chi connectivity index (χ2n) is 8.27. The Morgan fingerprint density at radius 3 is 2.50 bits per heavy atom. The fourth-order valence-corrected chi connectivity index (χ4v) is 5.03. The minimum absolute atomic E-state index is 0.0197. The number of hydrogen-bond donors (Lipinski definition) is 2. The number of anilines is 1. The minimum Gasteiger partial charge on any atom is -0.334 e. The number of rotatable bonds is 7. The molecule has 2 N–H and O–H groups in total. The Morgan fingerprint density at radius 1 is 1.00 bits per heavy atom. The van der Waals surface area contributed by atoms with Crippen molar-refractivity contribution >= 4 is 27.5 Å². The minimum atomic E-state index is -3.90. The first-order valence-electron chi connectivity index (χ1n) is 11.5. The Kier molecular flexibility index (Phi) is 7.94. The molecule has 11 heteroatoms. The maximum Gasteiger partial charge on any atom is 0.360 e. The number of pyridine rings is 1. The van der Waals surface area contributed by atoms with E-state index in [1.165, 1.54) is 48.5 Å². The SMILES string of the molecule is O=C(NCc1cccnc1)Nc1ccc(S(=O)(=O)c2cccc(C(=O)N=[N+]=NC3CCCC3)c2)cc1. The van der Waals surface area contributed by atoms with Crippen LogP contribution in [-0.4, -0.2) is 31.4 Å². The number of sulfone groups is 1. The highest BCUT2D eigenvalue weighted by Gasteiger charge is 2.21. The van der Waals surface area contributed by atoms with E-state index in [9.17, 15) is 18.0 Å². The quantitative estimate of drug-likeness (QED) is 0.363. The van der Waals surface area contributed by atoms with Gasteiger partial charge >= 0.3 is 11.9 Å². The van der Waals surface area contributed by atoms with Crippen molar-refractivity contribution in [2.75, 3.05) is 5.32 Å². The number of urea groups is 1. The molecule has 0 unspecified atom stereocenters. The van der Waals surface area contributed by atoms with E-state index in [-0.39, 0.29) is 21.4 Å². The number of benzene rings is 2. The first kappa shape index (κ1) is 24.9. The van der Waals surface area contributed by atoms with Crippen LogP contribution in [-0.2, 0) is 16.4 Å². The summed E-state index contributed by atoms with van der Waals surface area (Å²) >= 11 is 0. The van der Waals surface area contributed by atoms with E-state index < -0.39 is 21.8 Å². The summed E-state index contributed by atoms with van der Waals surface area (Å²) in [6, 6.07) is 14.7. The number of aromatic nitrogens is 1. The zero-order valence-electron chi connectivity index (χ0n) is 19.4. The molecule has 0 aliphatic heterocycles. The molecular formula is C25H25N6O4S+. The summed E-state index contributed by atoms with van der Waals surface area (Å²) in [4.78, 5) is 32.1. The van der Waals surface area contributed by atoms with Gasteiger partial charge in [-0.15, -0.1) is 0 Å². The van der Waals surface area contributed by atoms with Crippen LogP contribution in [0.25, 0.3) is 0 Å². The van der Waals surface area contributed by atoms with Crippen molar-refractivity contribution in [3.8, 4) is 0 Å². The van der Waals surface area contributed by atoms with Crippen molar-refractivity contribution in [2.45, 2.75) is 48.1 Å². The Hall–Kier alpha value is -4.21. The normalized spacial score (nSPS) is 13.4. The molecule has 3 aromatic rings. The van der Waals surface area contributed by atoms with Gasteiger partial charge in [-0.05, 0) is 66.9 Å². The predicted molar refractivity (Wildman–Crippen MR) is 132 cm³/mol.